The van der Waals surface area contributed by atoms with Crippen molar-refractivity contribution in [3.05, 3.63) is 65.0 Å². The number of rotatable bonds is 7. The smallest absolute Gasteiger partial charge is 0.194 e. The highest BCUT2D eigenvalue weighted by molar-refractivity contribution is 5.46. The van der Waals surface area contributed by atoms with Crippen LogP contribution in [-0.2, 0) is 6.42 Å². The molecular weight excluding hydrogens is 369 g/mol. The van der Waals surface area contributed by atoms with Crippen molar-refractivity contribution in [3.8, 4) is 0 Å². The molecule has 0 radical (unpaired) electrons. The molecule has 1 saturated heterocycles. The zero-order valence-corrected chi connectivity index (χ0v) is 15.5. The van der Waals surface area contributed by atoms with E-state index >= 15 is 0 Å². The van der Waals surface area contributed by atoms with Gasteiger partial charge in [-0.1, -0.05) is 24.3 Å². The second-order valence-corrected chi connectivity index (χ2v) is 7.26. The van der Waals surface area contributed by atoms with Crippen LogP contribution in [0.1, 0.15) is 30.2 Å². The number of nitrogens with zero attached hydrogens (tertiary/aromatic N) is 1. The van der Waals surface area contributed by atoms with Gasteiger partial charge in [-0.3, -0.25) is 0 Å². The molecule has 2 aromatic rings. The maximum absolute atomic E-state index is 13.3. The van der Waals surface area contributed by atoms with Crippen molar-refractivity contribution in [2.24, 2.45) is 5.92 Å². The molecule has 3 rings (SSSR count). The molecule has 2 aromatic carbocycles. The molecule has 0 bridgehead atoms. The van der Waals surface area contributed by atoms with Crippen LogP contribution < -0.4 is 5.32 Å². The fraction of sp³-hybridized carbons (Fsp3) is 0.429. The summed E-state index contributed by atoms with van der Waals surface area (Å²) >= 11 is 0. The second kappa shape index (κ2) is 9.41. The van der Waals surface area contributed by atoms with Gasteiger partial charge in [0.15, 0.2) is 23.7 Å². The third-order valence-electron chi connectivity index (χ3n) is 5.24. The van der Waals surface area contributed by atoms with E-state index < -0.39 is 23.7 Å². The molecule has 1 atom stereocenters. The number of piperidine rings is 1. The van der Waals surface area contributed by atoms with E-state index in [4.69, 9.17) is 0 Å². The van der Waals surface area contributed by atoms with Crippen molar-refractivity contribution < 1.29 is 23.4 Å². The SMILES string of the molecule is OCC1CCN(CCc2cccc(C(O)Nc3cc(F)c(F)c(F)c3)c2)CC1. The standard InChI is InChI=1S/C21H25F3N2O2/c22-18-11-17(12-19(23)20(18)24)25-21(28)16-3-1-2-14(10-16)4-7-26-8-5-15(13-27)6-9-26/h1-3,10-12,15,21,25,27-28H,4-9,13H2. The third kappa shape index (κ3) is 5.25. The molecule has 1 fully saturated rings. The van der Waals surface area contributed by atoms with E-state index in [0.29, 0.717) is 11.5 Å². The molecule has 0 amide bonds. The second-order valence-electron chi connectivity index (χ2n) is 7.26. The van der Waals surface area contributed by atoms with Gasteiger partial charge in [0.1, 0.15) is 0 Å². The number of halogens is 3. The van der Waals surface area contributed by atoms with Crippen LogP contribution in [0.15, 0.2) is 36.4 Å². The summed E-state index contributed by atoms with van der Waals surface area (Å²) in [5.41, 5.74) is 1.56. The Balaban J connectivity index is 1.58. The zero-order chi connectivity index (χ0) is 20.1. The Hall–Kier alpha value is -2.09. The van der Waals surface area contributed by atoms with Gasteiger partial charge in [0.05, 0.1) is 0 Å². The molecule has 3 N–H and O–H groups in total. The van der Waals surface area contributed by atoms with Gasteiger partial charge < -0.3 is 20.4 Å². The number of aliphatic hydroxyl groups excluding tert-OH is 2. The Morgan fingerprint density at radius 1 is 1.07 bits per heavy atom. The first-order chi connectivity index (χ1) is 13.5. The van der Waals surface area contributed by atoms with Crippen molar-refractivity contribution in [2.45, 2.75) is 25.5 Å². The van der Waals surface area contributed by atoms with Crippen LogP contribution in [0.4, 0.5) is 18.9 Å². The number of nitrogens with one attached hydrogen (secondary N) is 1. The van der Waals surface area contributed by atoms with Crippen molar-refractivity contribution in [2.75, 3.05) is 31.6 Å². The van der Waals surface area contributed by atoms with E-state index in [1.165, 1.54) is 0 Å². The summed E-state index contributed by atoms with van der Waals surface area (Å²) in [7, 11) is 0. The van der Waals surface area contributed by atoms with Gasteiger partial charge in [-0.05, 0) is 43.8 Å². The van der Waals surface area contributed by atoms with Gasteiger partial charge in [0.25, 0.3) is 0 Å². The van der Waals surface area contributed by atoms with Gasteiger partial charge in [0, 0.05) is 36.5 Å². The summed E-state index contributed by atoms with van der Waals surface area (Å²) in [6.45, 7) is 3.08. The molecule has 1 heterocycles. The normalized spacial score (nSPS) is 16.9. The molecule has 0 aliphatic carbocycles. The third-order valence-corrected chi connectivity index (χ3v) is 5.24. The van der Waals surface area contributed by atoms with Gasteiger partial charge in [0.2, 0.25) is 0 Å². The monoisotopic (exact) mass is 394 g/mol. The number of hydrogen-bond acceptors (Lipinski definition) is 4. The molecule has 1 aliphatic rings. The lowest BCUT2D eigenvalue weighted by Crippen LogP contribution is -2.36. The lowest BCUT2D eigenvalue weighted by atomic mass is 9.97. The number of likely N-dealkylation sites (tertiary alicyclic amines) is 1. The highest BCUT2D eigenvalue weighted by Gasteiger charge is 2.18. The summed E-state index contributed by atoms with van der Waals surface area (Å²) in [6, 6.07) is 8.95. The average Bonchev–Trinajstić information content (AvgIpc) is 2.71. The van der Waals surface area contributed by atoms with Crippen molar-refractivity contribution in [1.29, 1.82) is 0 Å². The average molecular weight is 394 g/mol. The number of hydrogen-bond donors (Lipinski definition) is 3. The number of anilines is 1. The van der Waals surface area contributed by atoms with Crippen molar-refractivity contribution in [3.63, 3.8) is 0 Å². The van der Waals surface area contributed by atoms with Gasteiger partial charge in [-0.2, -0.15) is 0 Å². The predicted molar refractivity (Wildman–Crippen MR) is 101 cm³/mol. The lowest BCUT2D eigenvalue weighted by molar-refractivity contribution is 0.132. The van der Waals surface area contributed by atoms with Crippen LogP contribution in [0, 0.1) is 23.4 Å². The summed E-state index contributed by atoms with van der Waals surface area (Å²) in [5.74, 6) is -3.76. The molecule has 1 aliphatic heterocycles. The summed E-state index contributed by atoms with van der Waals surface area (Å²) < 4.78 is 39.7. The Morgan fingerprint density at radius 3 is 2.39 bits per heavy atom. The van der Waals surface area contributed by atoms with E-state index in [0.717, 1.165) is 56.6 Å². The molecule has 28 heavy (non-hydrogen) atoms. The van der Waals surface area contributed by atoms with Crippen LogP contribution in [0.25, 0.3) is 0 Å². The van der Waals surface area contributed by atoms with Gasteiger partial charge in [-0.25, -0.2) is 13.2 Å². The maximum atomic E-state index is 13.3. The molecule has 0 saturated carbocycles. The van der Waals surface area contributed by atoms with E-state index in [1.807, 2.05) is 18.2 Å². The van der Waals surface area contributed by atoms with Gasteiger partial charge >= 0.3 is 0 Å². The summed E-state index contributed by atoms with van der Waals surface area (Å²) in [5, 5.41) is 22.1. The minimum absolute atomic E-state index is 0.0407. The zero-order valence-electron chi connectivity index (χ0n) is 15.5. The Labute approximate surface area is 162 Å². The minimum Gasteiger partial charge on any atom is -0.396 e. The molecule has 0 aromatic heterocycles. The molecule has 152 valence electrons. The van der Waals surface area contributed by atoms with Crippen molar-refractivity contribution in [1.82, 2.24) is 4.90 Å². The van der Waals surface area contributed by atoms with E-state index in [-0.39, 0.29) is 12.3 Å². The molecule has 4 nitrogen and oxygen atoms in total. The van der Waals surface area contributed by atoms with Crippen LogP contribution >= 0.6 is 0 Å². The largest absolute Gasteiger partial charge is 0.396 e. The lowest BCUT2D eigenvalue weighted by Gasteiger charge is -2.31. The van der Waals surface area contributed by atoms with Crippen LogP contribution in [0.5, 0.6) is 0 Å². The predicted octanol–water partition coefficient (Wildman–Crippen LogP) is 3.45. The first kappa shape index (κ1) is 20.6. The van der Waals surface area contributed by atoms with Crippen molar-refractivity contribution >= 4 is 5.69 Å². The molecular formula is C21H25F3N2O2. The Morgan fingerprint density at radius 2 is 1.75 bits per heavy atom. The molecule has 7 heteroatoms. The maximum Gasteiger partial charge on any atom is 0.194 e. The summed E-state index contributed by atoms with van der Waals surface area (Å²) in [4.78, 5) is 2.36. The quantitative estimate of drug-likeness (QED) is 0.497. The number of aliphatic hydroxyl groups is 2. The fourth-order valence-corrected chi connectivity index (χ4v) is 3.48. The molecule has 1 unspecified atom stereocenters. The van der Waals surface area contributed by atoms with E-state index in [1.54, 1.807) is 6.07 Å². The first-order valence-electron chi connectivity index (χ1n) is 9.47. The van der Waals surface area contributed by atoms with E-state index in [2.05, 4.69) is 10.2 Å². The Kier molecular flexibility index (Phi) is 6.93. The molecule has 0 spiro atoms. The first-order valence-corrected chi connectivity index (χ1v) is 9.47. The van der Waals surface area contributed by atoms with Crippen LogP contribution in [-0.4, -0.2) is 41.4 Å². The highest BCUT2D eigenvalue weighted by Crippen LogP contribution is 2.23. The highest BCUT2D eigenvalue weighted by atomic mass is 19.2. The summed E-state index contributed by atoms with van der Waals surface area (Å²) in [6.07, 6.45) is 1.64. The Bertz CT molecular complexity index is 772. The van der Waals surface area contributed by atoms with Crippen LogP contribution in [0.3, 0.4) is 0 Å². The van der Waals surface area contributed by atoms with Gasteiger partial charge in [-0.15, -0.1) is 0 Å². The fourth-order valence-electron chi connectivity index (χ4n) is 3.48. The van der Waals surface area contributed by atoms with E-state index in [9.17, 15) is 23.4 Å². The number of benzene rings is 2. The van der Waals surface area contributed by atoms with Crippen LogP contribution in [0.2, 0.25) is 0 Å². The topological polar surface area (TPSA) is 55.7 Å². The minimum atomic E-state index is -1.54.